The molecule has 2 aromatic carbocycles. The van der Waals surface area contributed by atoms with Gasteiger partial charge in [0.1, 0.15) is 11.6 Å². The minimum absolute atomic E-state index is 0.312. The number of hydrogen-bond acceptors (Lipinski definition) is 5. The molecule has 0 saturated heterocycles. The van der Waals surface area contributed by atoms with Crippen LogP contribution in [0.1, 0.15) is 5.56 Å². The van der Waals surface area contributed by atoms with Gasteiger partial charge in [-0.2, -0.15) is 4.98 Å². The zero-order valence-electron chi connectivity index (χ0n) is 14.9. The molecule has 0 amide bonds. The molecule has 0 aliphatic carbocycles. The molecular formula is C19H16BrF3N4O. The first-order valence-corrected chi connectivity index (χ1v) is 8.99. The SMILES string of the molecule is CNc1nc(Nc2ccc(Br)c(C)c2)cc(-c2cccc(OC(F)(F)F)c2)n1. The molecule has 0 saturated carbocycles. The highest BCUT2D eigenvalue weighted by Gasteiger charge is 2.31. The maximum atomic E-state index is 12.5. The van der Waals surface area contributed by atoms with Gasteiger partial charge in [-0.3, -0.25) is 0 Å². The van der Waals surface area contributed by atoms with Crippen molar-refractivity contribution in [1.82, 2.24) is 9.97 Å². The highest BCUT2D eigenvalue weighted by Crippen LogP contribution is 2.29. The monoisotopic (exact) mass is 452 g/mol. The number of aromatic nitrogens is 2. The Morgan fingerprint density at radius 2 is 1.82 bits per heavy atom. The van der Waals surface area contributed by atoms with Gasteiger partial charge >= 0.3 is 6.36 Å². The first kappa shape index (κ1) is 19.9. The normalized spacial score (nSPS) is 11.2. The Morgan fingerprint density at radius 1 is 1.04 bits per heavy atom. The summed E-state index contributed by atoms with van der Waals surface area (Å²) in [5, 5.41) is 6.04. The van der Waals surface area contributed by atoms with E-state index in [0.717, 1.165) is 15.7 Å². The van der Waals surface area contributed by atoms with Gasteiger partial charge in [0.05, 0.1) is 5.69 Å². The minimum atomic E-state index is -4.76. The molecule has 3 aromatic rings. The van der Waals surface area contributed by atoms with Crippen LogP contribution >= 0.6 is 15.9 Å². The molecule has 1 aromatic heterocycles. The van der Waals surface area contributed by atoms with Crippen molar-refractivity contribution in [1.29, 1.82) is 0 Å². The van der Waals surface area contributed by atoms with Crippen LogP contribution in [-0.4, -0.2) is 23.4 Å². The van der Waals surface area contributed by atoms with Crippen molar-refractivity contribution in [2.45, 2.75) is 13.3 Å². The van der Waals surface area contributed by atoms with E-state index in [1.54, 1.807) is 19.2 Å². The molecule has 0 fully saturated rings. The number of benzene rings is 2. The highest BCUT2D eigenvalue weighted by molar-refractivity contribution is 9.10. The summed E-state index contributed by atoms with van der Waals surface area (Å²) >= 11 is 3.45. The summed E-state index contributed by atoms with van der Waals surface area (Å²) in [5.41, 5.74) is 2.78. The summed E-state index contributed by atoms with van der Waals surface area (Å²) in [4.78, 5) is 8.68. The van der Waals surface area contributed by atoms with Crippen molar-refractivity contribution in [3.05, 3.63) is 58.6 Å². The van der Waals surface area contributed by atoms with Crippen LogP contribution in [0.4, 0.5) is 30.6 Å². The van der Waals surface area contributed by atoms with Crippen molar-refractivity contribution in [3.8, 4) is 17.0 Å². The van der Waals surface area contributed by atoms with Crippen molar-refractivity contribution >= 4 is 33.4 Å². The Labute approximate surface area is 168 Å². The number of ether oxygens (including phenoxy) is 1. The van der Waals surface area contributed by atoms with Crippen molar-refractivity contribution in [2.24, 2.45) is 0 Å². The third kappa shape index (κ3) is 5.13. The molecule has 5 nitrogen and oxygen atoms in total. The quantitative estimate of drug-likeness (QED) is 0.504. The number of halogens is 4. The number of rotatable bonds is 5. The molecule has 1 heterocycles. The average molecular weight is 453 g/mol. The third-order valence-electron chi connectivity index (χ3n) is 3.74. The Balaban J connectivity index is 1.95. The molecule has 0 radical (unpaired) electrons. The van der Waals surface area contributed by atoms with Crippen molar-refractivity contribution in [2.75, 3.05) is 17.7 Å². The molecule has 9 heteroatoms. The van der Waals surface area contributed by atoms with E-state index in [9.17, 15) is 13.2 Å². The van der Waals surface area contributed by atoms with E-state index in [1.165, 1.54) is 18.2 Å². The fourth-order valence-electron chi connectivity index (χ4n) is 2.49. The van der Waals surface area contributed by atoms with Crippen LogP contribution in [0.15, 0.2) is 53.0 Å². The molecule has 146 valence electrons. The van der Waals surface area contributed by atoms with Crippen LogP contribution in [0.2, 0.25) is 0 Å². The Kier molecular flexibility index (Phi) is 5.73. The summed E-state index contributed by atoms with van der Waals surface area (Å²) in [6.45, 7) is 1.96. The number of nitrogens with one attached hydrogen (secondary N) is 2. The number of nitrogens with zero attached hydrogens (tertiary/aromatic N) is 2. The van der Waals surface area contributed by atoms with E-state index in [1.807, 2.05) is 25.1 Å². The number of hydrogen-bond donors (Lipinski definition) is 2. The summed E-state index contributed by atoms with van der Waals surface area (Å²) in [6, 6.07) is 13.0. The molecule has 28 heavy (non-hydrogen) atoms. The van der Waals surface area contributed by atoms with Crippen LogP contribution in [-0.2, 0) is 0 Å². The molecule has 0 aliphatic rings. The number of anilines is 3. The average Bonchev–Trinajstić information content (AvgIpc) is 2.63. The Hall–Kier alpha value is -2.81. The van der Waals surface area contributed by atoms with Gasteiger partial charge in [0.25, 0.3) is 0 Å². The van der Waals surface area contributed by atoms with Crippen molar-refractivity contribution < 1.29 is 17.9 Å². The van der Waals surface area contributed by atoms with Gasteiger partial charge in [-0.1, -0.05) is 28.1 Å². The molecule has 2 N–H and O–H groups in total. The maximum Gasteiger partial charge on any atom is 0.573 e. The lowest BCUT2D eigenvalue weighted by molar-refractivity contribution is -0.274. The second-order valence-electron chi connectivity index (χ2n) is 5.88. The summed E-state index contributed by atoms with van der Waals surface area (Å²) in [6.07, 6.45) is -4.76. The predicted molar refractivity (Wildman–Crippen MR) is 106 cm³/mol. The third-order valence-corrected chi connectivity index (χ3v) is 4.63. The lowest BCUT2D eigenvalue weighted by atomic mass is 10.1. The lowest BCUT2D eigenvalue weighted by Crippen LogP contribution is -2.17. The van der Waals surface area contributed by atoms with E-state index in [4.69, 9.17) is 0 Å². The second-order valence-corrected chi connectivity index (χ2v) is 6.73. The molecule has 0 bridgehead atoms. The number of alkyl halides is 3. The van der Waals surface area contributed by atoms with Gasteiger partial charge in [0.15, 0.2) is 0 Å². The van der Waals surface area contributed by atoms with Crippen LogP contribution in [0, 0.1) is 6.92 Å². The van der Waals surface area contributed by atoms with Gasteiger partial charge in [0, 0.05) is 28.8 Å². The Morgan fingerprint density at radius 3 is 2.50 bits per heavy atom. The smallest absolute Gasteiger partial charge is 0.406 e. The van der Waals surface area contributed by atoms with Crippen molar-refractivity contribution in [3.63, 3.8) is 0 Å². The molecular weight excluding hydrogens is 437 g/mol. The molecule has 0 atom stereocenters. The van der Waals surface area contributed by atoms with E-state index in [-0.39, 0.29) is 5.75 Å². The molecule has 0 spiro atoms. The number of aryl methyl sites for hydroxylation is 1. The van der Waals surface area contributed by atoms with E-state index >= 15 is 0 Å². The van der Waals surface area contributed by atoms with Crippen LogP contribution < -0.4 is 15.4 Å². The standard InChI is InChI=1S/C19H16BrF3N4O/c1-11-8-13(6-7-15(11)20)25-17-10-16(26-18(24-2)27-17)12-4-3-5-14(9-12)28-19(21,22)23/h3-10H,1-2H3,(H2,24,25,26,27). The van der Waals surface area contributed by atoms with Gasteiger partial charge < -0.3 is 15.4 Å². The van der Waals surface area contributed by atoms with Crippen LogP contribution in [0.3, 0.4) is 0 Å². The topological polar surface area (TPSA) is 59.1 Å². The largest absolute Gasteiger partial charge is 0.573 e. The van der Waals surface area contributed by atoms with E-state index in [0.29, 0.717) is 23.0 Å². The summed E-state index contributed by atoms with van der Waals surface area (Å²) < 4.78 is 42.4. The van der Waals surface area contributed by atoms with Crippen LogP contribution in [0.5, 0.6) is 5.75 Å². The zero-order chi connectivity index (χ0) is 20.3. The zero-order valence-corrected chi connectivity index (χ0v) is 16.5. The van der Waals surface area contributed by atoms with Crippen LogP contribution in [0.25, 0.3) is 11.3 Å². The van der Waals surface area contributed by atoms with Gasteiger partial charge in [0.2, 0.25) is 5.95 Å². The summed E-state index contributed by atoms with van der Waals surface area (Å²) in [5.74, 6) is 0.516. The second kappa shape index (κ2) is 8.05. The first-order valence-electron chi connectivity index (χ1n) is 8.20. The van der Waals surface area contributed by atoms with Gasteiger partial charge in [-0.05, 0) is 42.8 Å². The molecule has 0 unspecified atom stereocenters. The van der Waals surface area contributed by atoms with E-state index in [2.05, 4.69) is 41.3 Å². The highest BCUT2D eigenvalue weighted by atomic mass is 79.9. The predicted octanol–water partition coefficient (Wildman–Crippen LogP) is 5.90. The van der Waals surface area contributed by atoms with Gasteiger partial charge in [-0.25, -0.2) is 4.98 Å². The lowest BCUT2D eigenvalue weighted by Gasteiger charge is -2.12. The Bertz CT molecular complexity index is 995. The van der Waals surface area contributed by atoms with Gasteiger partial charge in [-0.15, -0.1) is 13.2 Å². The van der Waals surface area contributed by atoms with E-state index < -0.39 is 6.36 Å². The summed E-state index contributed by atoms with van der Waals surface area (Å²) in [7, 11) is 1.66. The fraction of sp³-hybridized carbons (Fsp3) is 0.158. The minimum Gasteiger partial charge on any atom is -0.406 e. The maximum absolute atomic E-state index is 12.5. The fourth-order valence-corrected chi connectivity index (χ4v) is 2.74. The first-order chi connectivity index (χ1) is 13.2. The molecule has 3 rings (SSSR count). The molecule has 0 aliphatic heterocycles.